The fraction of sp³-hybridized carbons (Fsp3) is 0.346. The van der Waals surface area contributed by atoms with Crippen molar-refractivity contribution in [1.29, 1.82) is 0 Å². The minimum Gasteiger partial charge on any atom is -0.348 e. The molecule has 9 nitrogen and oxygen atoms in total. The Morgan fingerprint density at radius 1 is 0.889 bits per heavy atom. The third-order valence-electron chi connectivity index (χ3n) is 6.55. The van der Waals surface area contributed by atoms with Gasteiger partial charge in [0, 0.05) is 69.7 Å². The van der Waals surface area contributed by atoms with E-state index < -0.39 is 23.6 Å². The molecule has 0 unspecified atom stereocenters. The number of Topliss-reactive ketones (excluding diaryl/α,β-unsaturated/α-hetero) is 2. The van der Waals surface area contributed by atoms with Gasteiger partial charge in [-0.2, -0.15) is 0 Å². The summed E-state index contributed by atoms with van der Waals surface area (Å²) < 4.78 is 14.7. The highest BCUT2D eigenvalue weighted by molar-refractivity contribution is 5.99. The molecule has 0 aliphatic carbocycles. The number of hydrogen-bond donors (Lipinski definition) is 0. The van der Waals surface area contributed by atoms with E-state index in [4.69, 9.17) is 0 Å². The molecule has 1 fully saturated rings. The lowest BCUT2D eigenvalue weighted by Crippen LogP contribution is -2.53. The zero-order valence-corrected chi connectivity index (χ0v) is 20.3. The molecule has 3 atom stereocenters. The van der Waals surface area contributed by atoms with Crippen molar-refractivity contribution in [2.75, 3.05) is 33.7 Å². The number of likely N-dealkylation sites (N-methyl/N-ethyl adjacent to an activating group) is 1. The number of halogens is 1. The Bertz CT molecular complexity index is 1190. The fourth-order valence-electron chi connectivity index (χ4n) is 4.70. The van der Waals surface area contributed by atoms with E-state index in [1.165, 1.54) is 35.8 Å². The molecule has 1 aliphatic rings. The molecule has 3 heterocycles. The Hall–Kier alpha value is -3.92. The van der Waals surface area contributed by atoms with Crippen LogP contribution in [0.2, 0.25) is 0 Å². The minimum atomic E-state index is -0.811. The second-order valence-electron chi connectivity index (χ2n) is 9.05. The van der Waals surface area contributed by atoms with Crippen LogP contribution < -0.4 is 0 Å². The second kappa shape index (κ2) is 10.8. The lowest BCUT2D eigenvalue weighted by atomic mass is 9.69. The maximum atomic E-state index is 14.7. The van der Waals surface area contributed by atoms with Crippen LogP contribution in [0.3, 0.4) is 0 Å². The molecule has 0 bridgehead atoms. The number of hydrogen-bond acceptors (Lipinski definition) is 8. The number of likely N-dealkylation sites (tertiary alicyclic amines) is 1. The number of aromatic nitrogens is 4. The molecule has 1 amide bonds. The summed E-state index contributed by atoms with van der Waals surface area (Å²) in [5.41, 5.74) is 0.913. The van der Waals surface area contributed by atoms with Gasteiger partial charge in [0.05, 0.1) is 6.54 Å². The van der Waals surface area contributed by atoms with E-state index >= 15 is 0 Å². The fourth-order valence-corrected chi connectivity index (χ4v) is 4.70. The zero-order chi connectivity index (χ0) is 25.8. The molecule has 186 valence electrons. The van der Waals surface area contributed by atoms with Crippen molar-refractivity contribution >= 4 is 17.5 Å². The zero-order valence-electron chi connectivity index (χ0n) is 20.3. The SMILES string of the molecule is Cc1c(F)cccc1[C@H]1[C@@H](C(=O)c2ncccn2)CN(CC(=O)N(C)C)C[C@H]1C(=O)c1ncccn1. The Morgan fingerprint density at radius 3 is 1.86 bits per heavy atom. The summed E-state index contributed by atoms with van der Waals surface area (Å²) in [5.74, 6) is -3.66. The standard InChI is InChI=1S/C26H27FN6O3/c1-16-17(7-4-8-20(16)27)22-18(23(35)25-28-9-5-10-29-25)13-33(15-21(34)32(2)3)14-19(22)24(36)26-30-11-6-12-31-26/h4-12,18-19,22H,13-15H2,1-3H3/t18-,19+,22-. The van der Waals surface area contributed by atoms with Gasteiger partial charge in [0.15, 0.2) is 11.6 Å². The number of benzene rings is 1. The molecule has 0 N–H and O–H groups in total. The van der Waals surface area contributed by atoms with E-state index in [0.717, 1.165) is 0 Å². The van der Waals surface area contributed by atoms with Gasteiger partial charge in [0.25, 0.3) is 0 Å². The largest absolute Gasteiger partial charge is 0.348 e. The number of carbonyl (C=O) groups excluding carboxylic acids is 3. The molecule has 4 rings (SSSR count). The lowest BCUT2D eigenvalue weighted by molar-refractivity contribution is -0.130. The summed E-state index contributed by atoms with van der Waals surface area (Å²) in [6.07, 6.45) is 5.89. The molecule has 0 radical (unpaired) electrons. The van der Waals surface area contributed by atoms with Crippen molar-refractivity contribution in [2.45, 2.75) is 12.8 Å². The first-order chi connectivity index (χ1) is 17.3. The van der Waals surface area contributed by atoms with E-state index in [-0.39, 0.29) is 48.8 Å². The van der Waals surface area contributed by atoms with Gasteiger partial charge in [-0.3, -0.25) is 19.3 Å². The quantitative estimate of drug-likeness (QED) is 0.464. The number of amides is 1. The van der Waals surface area contributed by atoms with Crippen molar-refractivity contribution in [3.05, 3.63) is 83.7 Å². The second-order valence-corrected chi connectivity index (χ2v) is 9.05. The van der Waals surface area contributed by atoms with E-state index in [1.54, 1.807) is 50.2 Å². The highest BCUT2D eigenvalue weighted by Gasteiger charge is 2.47. The lowest BCUT2D eigenvalue weighted by Gasteiger charge is -2.43. The van der Waals surface area contributed by atoms with Crippen LogP contribution in [0.5, 0.6) is 0 Å². The van der Waals surface area contributed by atoms with Gasteiger partial charge in [-0.05, 0) is 36.2 Å². The third-order valence-corrected chi connectivity index (χ3v) is 6.55. The summed E-state index contributed by atoms with van der Waals surface area (Å²) in [6, 6.07) is 7.86. The van der Waals surface area contributed by atoms with Crippen LogP contribution in [0.25, 0.3) is 0 Å². The number of ketones is 2. The molecule has 3 aromatic rings. The van der Waals surface area contributed by atoms with Gasteiger partial charge in [-0.25, -0.2) is 24.3 Å². The molecule has 0 saturated carbocycles. The predicted molar refractivity (Wildman–Crippen MR) is 129 cm³/mol. The molecule has 0 spiro atoms. The molecule has 1 aliphatic heterocycles. The van der Waals surface area contributed by atoms with Crippen molar-refractivity contribution in [3.63, 3.8) is 0 Å². The summed E-state index contributed by atoms with van der Waals surface area (Å²) in [7, 11) is 3.29. The van der Waals surface area contributed by atoms with E-state index in [1.807, 2.05) is 0 Å². The van der Waals surface area contributed by atoms with Crippen molar-refractivity contribution in [2.24, 2.45) is 11.8 Å². The van der Waals surface area contributed by atoms with Crippen LogP contribution in [0.15, 0.2) is 55.1 Å². The van der Waals surface area contributed by atoms with Crippen molar-refractivity contribution in [1.82, 2.24) is 29.7 Å². The maximum Gasteiger partial charge on any atom is 0.236 e. The molecule has 10 heteroatoms. The van der Waals surface area contributed by atoms with Crippen LogP contribution in [0.4, 0.5) is 4.39 Å². The van der Waals surface area contributed by atoms with Crippen molar-refractivity contribution < 1.29 is 18.8 Å². The van der Waals surface area contributed by atoms with E-state index in [2.05, 4.69) is 19.9 Å². The summed E-state index contributed by atoms with van der Waals surface area (Å²) in [5, 5.41) is 0. The Morgan fingerprint density at radius 2 is 1.39 bits per heavy atom. The van der Waals surface area contributed by atoms with Gasteiger partial charge < -0.3 is 4.90 Å². The topological polar surface area (TPSA) is 109 Å². The molecule has 2 aromatic heterocycles. The minimum absolute atomic E-state index is 0.00417. The third kappa shape index (κ3) is 5.18. The van der Waals surface area contributed by atoms with Crippen LogP contribution in [-0.2, 0) is 4.79 Å². The smallest absolute Gasteiger partial charge is 0.236 e. The summed E-state index contributed by atoms with van der Waals surface area (Å²) >= 11 is 0. The van der Waals surface area contributed by atoms with Gasteiger partial charge in [-0.1, -0.05) is 12.1 Å². The normalized spacial score (nSPS) is 20.1. The van der Waals surface area contributed by atoms with Crippen molar-refractivity contribution in [3.8, 4) is 0 Å². The maximum absolute atomic E-state index is 14.7. The molecular weight excluding hydrogens is 463 g/mol. The Labute approximate surface area is 208 Å². The van der Waals surface area contributed by atoms with Gasteiger partial charge in [0.1, 0.15) is 5.82 Å². The van der Waals surface area contributed by atoms with Gasteiger partial charge >= 0.3 is 0 Å². The number of carbonyl (C=O) groups is 3. The first-order valence-corrected chi connectivity index (χ1v) is 11.6. The monoisotopic (exact) mass is 490 g/mol. The number of nitrogens with zero attached hydrogens (tertiary/aromatic N) is 6. The van der Waals surface area contributed by atoms with E-state index in [9.17, 15) is 18.8 Å². The summed E-state index contributed by atoms with van der Waals surface area (Å²) in [4.78, 5) is 59.8. The van der Waals surface area contributed by atoms with E-state index in [0.29, 0.717) is 11.1 Å². The molecule has 36 heavy (non-hydrogen) atoms. The predicted octanol–water partition coefficient (Wildman–Crippen LogP) is 2.20. The molecule has 1 saturated heterocycles. The highest BCUT2D eigenvalue weighted by atomic mass is 19.1. The number of rotatable bonds is 7. The Kier molecular flexibility index (Phi) is 7.54. The molecular formula is C26H27FN6O3. The Balaban J connectivity index is 1.85. The highest BCUT2D eigenvalue weighted by Crippen LogP contribution is 2.41. The first kappa shape index (κ1) is 25.2. The average Bonchev–Trinajstić information content (AvgIpc) is 2.90. The van der Waals surface area contributed by atoms with Crippen LogP contribution in [0, 0.1) is 24.6 Å². The molecule has 1 aromatic carbocycles. The average molecular weight is 491 g/mol. The van der Waals surface area contributed by atoms with Crippen LogP contribution >= 0.6 is 0 Å². The first-order valence-electron chi connectivity index (χ1n) is 11.6. The number of piperidine rings is 1. The van der Waals surface area contributed by atoms with Gasteiger partial charge in [-0.15, -0.1) is 0 Å². The summed E-state index contributed by atoms with van der Waals surface area (Å²) in [6.45, 7) is 2.00. The van der Waals surface area contributed by atoms with Gasteiger partial charge in [0.2, 0.25) is 17.5 Å². The van der Waals surface area contributed by atoms with Crippen LogP contribution in [-0.4, -0.2) is 80.9 Å². The van der Waals surface area contributed by atoms with Crippen LogP contribution in [0.1, 0.15) is 38.3 Å².